The van der Waals surface area contributed by atoms with E-state index in [9.17, 15) is 9.90 Å². The van der Waals surface area contributed by atoms with Crippen molar-refractivity contribution >= 4 is 5.97 Å². The third kappa shape index (κ3) is 5.38. The summed E-state index contributed by atoms with van der Waals surface area (Å²) in [7, 11) is 0. The van der Waals surface area contributed by atoms with Crippen molar-refractivity contribution in [1.82, 2.24) is 0 Å². The van der Waals surface area contributed by atoms with Crippen molar-refractivity contribution in [1.29, 1.82) is 0 Å². The lowest BCUT2D eigenvalue weighted by atomic mass is 9.69. The van der Waals surface area contributed by atoms with E-state index < -0.39 is 12.0 Å². The normalized spacial score (nSPS) is 13.6. The van der Waals surface area contributed by atoms with Crippen molar-refractivity contribution < 1.29 is 9.90 Å². The molecule has 3 nitrogen and oxygen atoms in total. The number of carboxylic acid groups (broad SMARTS) is 1. The fourth-order valence-electron chi connectivity index (χ4n) is 2.69. The van der Waals surface area contributed by atoms with E-state index in [4.69, 9.17) is 5.73 Å². The number of carboxylic acids is 1. The second-order valence-corrected chi connectivity index (χ2v) is 5.49. The van der Waals surface area contributed by atoms with Gasteiger partial charge in [0.15, 0.2) is 0 Å². The Labute approximate surface area is 112 Å². The maximum absolute atomic E-state index is 11.3. The van der Waals surface area contributed by atoms with Gasteiger partial charge in [-0.25, -0.2) is 0 Å². The molecule has 0 aliphatic carbocycles. The fraction of sp³-hybridized carbons (Fsp3) is 0.933. The monoisotopic (exact) mass is 257 g/mol. The number of carbonyl (C=O) groups is 1. The van der Waals surface area contributed by atoms with E-state index in [1.54, 1.807) is 0 Å². The number of hydrogen-bond acceptors (Lipinski definition) is 2. The Morgan fingerprint density at radius 2 is 1.33 bits per heavy atom. The van der Waals surface area contributed by atoms with E-state index in [-0.39, 0.29) is 5.41 Å². The van der Waals surface area contributed by atoms with E-state index in [0.29, 0.717) is 0 Å². The van der Waals surface area contributed by atoms with Gasteiger partial charge in [-0.15, -0.1) is 0 Å². The molecule has 0 amide bonds. The summed E-state index contributed by atoms with van der Waals surface area (Å²) in [6.45, 7) is 6.45. The fourth-order valence-corrected chi connectivity index (χ4v) is 2.69. The Hall–Kier alpha value is -0.570. The minimum absolute atomic E-state index is 0.187. The molecule has 3 heteroatoms. The van der Waals surface area contributed by atoms with Crippen molar-refractivity contribution in [2.45, 2.75) is 84.6 Å². The van der Waals surface area contributed by atoms with E-state index in [1.165, 1.54) is 0 Å². The molecule has 0 spiro atoms. The largest absolute Gasteiger partial charge is 0.480 e. The maximum Gasteiger partial charge on any atom is 0.321 e. The predicted molar refractivity (Wildman–Crippen MR) is 76.6 cm³/mol. The molecule has 0 aromatic carbocycles. The first-order chi connectivity index (χ1) is 8.54. The van der Waals surface area contributed by atoms with E-state index >= 15 is 0 Å². The molecule has 0 heterocycles. The van der Waals surface area contributed by atoms with Gasteiger partial charge in [-0.05, 0) is 24.7 Å². The lowest BCUT2D eigenvalue weighted by Crippen LogP contribution is -2.47. The molecule has 0 rings (SSSR count). The van der Waals surface area contributed by atoms with Gasteiger partial charge in [0.1, 0.15) is 6.04 Å². The number of rotatable bonds is 11. The van der Waals surface area contributed by atoms with Gasteiger partial charge < -0.3 is 10.8 Å². The van der Waals surface area contributed by atoms with Crippen LogP contribution >= 0.6 is 0 Å². The van der Waals surface area contributed by atoms with Crippen molar-refractivity contribution in [3.8, 4) is 0 Å². The minimum atomic E-state index is -0.835. The molecule has 0 aliphatic rings. The minimum Gasteiger partial charge on any atom is -0.480 e. The van der Waals surface area contributed by atoms with Crippen LogP contribution in [0.4, 0.5) is 0 Å². The van der Waals surface area contributed by atoms with Crippen LogP contribution in [0, 0.1) is 5.41 Å². The van der Waals surface area contributed by atoms with Crippen LogP contribution in [0.3, 0.4) is 0 Å². The van der Waals surface area contributed by atoms with Gasteiger partial charge in [0.05, 0.1) is 0 Å². The van der Waals surface area contributed by atoms with E-state index in [0.717, 1.165) is 57.8 Å². The highest BCUT2D eigenvalue weighted by atomic mass is 16.4. The Balaban J connectivity index is 4.89. The second kappa shape index (κ2) is 9.37. The summed E-state index contributed by atoms with van der Waals surface area (Å²) < 4.78 is 0. The molecule has 18 heavy (non-hydrogen) atoms. The standard InChI is InChI=1S/C15H31NO2/c1-4-7-10-15(11-8-5-2,12-9-6-3)13(16)14(17)18/h13H,4-12,16H2,1-3H3,(H,17,18)/t13-/m1/s1. The van der Waals surface area contributed by atoms with Gasteiger partial charge in [-0.1, -0.05) is 59.3 Å². The molecule has 0 aliphatic heterocycles. The number of aliphatic carboxylic acids is 1. The molecular weight excluding hydrogens is 226 g/mol. The second-order valence-electron chi connectivity index (χ2n) is 5.49. The Morgan fingerprint density at radius 1 is 1.00 bits per heavy atom. The first-order valence-corrected chi connectivity index (χ1v) is 7.52. The average Bonchev–Trinajstić information content (AvgIpc) is 2.37. The summed E-state index contributed by atoms with van der Waals surface area (Å²) in [5, 5.41) is 9.29. The Morgan fingerprint density at radius 3 is 1.56 bits per heavy atom. The maximum atomic E-state index is 11.3. The smallest absolute Gasteiger partial charge is 0.321 e. The van der Waals surface area contributed by atoms with Gasteiger partial charge in [-0.2, -0.15) is 0 Å². The molecular formula is C15H31NO2. The van der Waals surface area contributed by atoms with Crippen LogP contribution in [0.1, 0.15) is 78.6 Å². The van der Waals surface area contributed by atoms with Crippen molar-refractivity contribution in [3.05, 3.63) is 0 Å². The Bertz CT molecular complexity index is 207. The molecule has 0 saturated carbocycles. The van der Waals surface area contributed by atoms with Crippen molar-refractivity contribution in [2.24, 2.45) is 11.1 Å². The Kier molecular flexibility index (Phi) is 9.08. The van der Waals surface area contributed by atoms with Gasteiger partial charge in [-0.3, -0.25) is 4.79 Å². The zero-order valence-corrected chi connectivity index (χ0v) is 12.4. The predicted octanol–water partition coefficient (Wildman–Crippen LogP) is 3.96. The van der Waals surface area contributed by atoms with Crippen LogP contribution in [0.15, 0.2) is 0 Å². The summed E-state index contributed by atoms with van der Waals surface area (Å²) >= 11 is 0. The highest BCUT2D eigenvalue weighted by Gasteiger charge is 2.39. The molecule has 0 fully saturated rings. The summed E-state index contributed by atoms with van der Waals surface area (Å²) in [6.07, 6.45) is 9.41. The van der Waals surface area contributed by atoms with Gasteiger partial charge in [0.2, 0.25) is 0 Å². The van der Waals surface area contributed by atoms with Crippen LogP contribution < -0.4 is 5.73 Å². The molecule has 0 aromatic heterocycles. The number of nitrogens with two attached hydrogens (primary N) is 1. The highest BCUT2D eigenvalue weighted by Crippen LogP contribution is 2.39. The van der Waals surface area contributed by atoms with Crippen LogP contribution in [-0.2, 0) is 4.79 Å². The number of hydrogen-bond donors (Lipinski definition) is 2. The van der Waals surface area contributed by atoms with Crippen LogP contribution in [0.2, 0.25) is 0 Å². The third-order valence-corrected chi connectivity index (χ3v) is 4.01. The molecule has 1 atom stereocenters. The molecule has 0 radical (unpaired) electrons. The van der Waals surface area contributed by atoms with Crippen molar-refractivity contribution in [2.75, 3.05) is 0 Å². The first kappa shape index (κ1) is 17.4. The summed E-state index contributed by atoms with van der Waals surface area (Å²) in [5.74, 6) is -0.835. The third-order valence-electron chi connectivity index (χ3n) is 4.01. The van der Waals surface area contributed by atoms with Gasteiger partial charge >= 0.3 is 5.97 Å². The SMILES string of the molecule is CCCCC(CCCC)(CCCC)[C@H](N)C(=O)O. The average molecular weight is 257 g/mol. The quantitative estimate of drug-likeness (QED) is 0.589. The van der Waals surface area contributed by atoms with Gasteiger partial charge in [0.25, 0.3) is 0 Å². The zero-order chi connectivity index (χ0) is 14.0. The lowest BCUT2D eigenvalue weighted by molar-refractivity contribution is -0.142. The molecule has 0 aromatic rings. The van der Waals surface area contributed by atoms with Crippen LogP contribution in [0.5, 0.6) is 0 Å². The van der Waals surface area contributed by atoms with Crippen molar-refractivity contribution in [3.63, 3.8) is 0 Å². The highest BCUT2D eigenvalue weighted by molar-refractivity contribution is 5.74. The lowest BCUT2D eigenvalue weighted by Gasteiger charge is -2.37. The topological polar surface area (TPSA) is 63.3 Å². The zero-order valence-electron chi connectivity index (χ0n) is 12.4. The van der Waals surface area contributed by atoms with E-state index in [1.807, 2.05) is 0 Å². The van der Waals surface area contributed by atoms with Crippen LogP contribution in [0.25, 0.3) is 0 Å². The van der Waals surface area contributed by atoms with E-state index in [2.05, 4.69) is 20.8 Å². The molecule has 108 valence electrons. The molecule has 0 bridgehead atoms. The molecule has 3 N–H and O–H groups in total. The van der Waals surface area contributed by atoms with Gasteiger partial charge in [0, 0.05) is 0 Å². The summed E-state index contributed by atoms with van der Waals surface area (Å²) in [6, 6.07) is -0.706. The summed E-state index contributed by atoms with van der Waals surface area (Å²) in [5.41, 5.74) is 5.83. The number of unbranched alkanes of at least 4 members (excludes halogenated alkanes) is 3. The van der Waals surface area contributed by atoms with Crippen LogP contribution in [-0.4, -0.2) is 17.1 Å². The molecule has 0 unspecified atom stereocenters. The molecule has 0 saturated heterocycles. The summed E-state index contributed by atoms with van der Waals surface area (Å²) in [4.78, 5) is 11.3. The first-order valence-electron chi connectivity index (χ1n) is 7.52.